The lowest BCUT2D eigenvalue weighted by atomic mass is 9.95. The molecular weight excluding hydrogens is 602 g/mol. The normalized spacial score (nSPS) is 20.0. The number of nitrogens with zero attached hydrogens (tertiary/aromatic N) is 4. The third kappa shape index (κ3) is 6.55. The fourth-order valence-corrected chi connectivity index (χ4v) is 7.09. The van der Waals surface area contributed by atoms with E-state index in [1.165, 1.54) is 16.3 Å². The summed E-state index contributed by atoms with van der Waals surface area (Å²) in [5.41, 5.74) is 4.27. The fourth-order valence-electron chi connectivity index (χ4n) is 7.09. The van der Waals surface area contributed by atoms with Crippen molar-refractivity contribution in [2.24, 2.45) is 4.99 Å². The second kappa shape index (κ2) is 12.1. The van der Waals surface area contributed by atoms with Crippen molar-refractivity contribution in [3.05, 3.63) is 72.3 Å². The molecule has 48 heavy (non-hydrogen) atoms. The fraction of sp³-hybridized carbons (Fsp3) is 0.436. The van der Waals surface area contributed by atoms with Gasteiger partial charge in [-0.25, -0.2) is 14.6 Å². The summed E-state index contributed by atoms with van der Waals surface area (Å²) < 4.78 is 11.3. The van der Waals surface area contributed by atoms with Gasteiger partial charge in [0.15, 0.2) is 0 Å². The molecular formula is C39H45N5O4. The highest BCUT2D eigenvalue weighted by atomic mass is 16.6. The maximum Gasteiger partial charge on any atom is 0.410 e. The lowest BCUT2D eigenvalue weighted by Gasteiger charge is -2.28. The van der Waals surface area contributed by atoms with Crippen LogP contribution < -0.4 is 0 Å². The second-order valence-electron chi connectivity index (χ2n) is 15.3. The van der Waals surface area contributed by atoms with E-state index in [4.69, 9.17) is 19.5 Å². The summed E-state index contributed by atoms with van der Waals surface area (Å²) in [6.07, 6.45) is 7.65. The Hall–Kier alpha value is -4.66. The third-order valence-corrected chi connectivity index (χ3v) is 9.29. The molecule has 0 aliphatic carbocycles. The molecule has 2 atom stereocenters. The molecule has 2 saturated heterocycles. The van der Waals surface area contributed by atoms with Crippen LogP contribution in [0.2, 0.25) is 0 Å². The number of fused-ring (bicyclic) bond motifs is 2. The molecule has 7 rings (SSSR count). The summed E-state index contributed by atoms with van der Waals surface area (Å²) in [5, 5.41) is 4.64. The molecule has 3 aliphatic heterocycles. The molecule has 3 aliphatic rings. The van der Waals surface area contributed by atoms with Gasteiger partial charge in [0, 0.05) is 37.0 Å². The van der Waals surface area contributed by atoms with E-state index in [1.807, 2.05) is 58.8 Å². The number of likely N-dealkylation sites (tertiary alicyclic amines) is 2. The van der Waals surface area contributed by atoms with Gasteiger partial charge in [-0.05, 0) is 124 Å². The minimum absolute atomic E-state index is 0.0137. The van der Waals surface area contributed by atoms with Crippen LogP contribution in [0.1, 0.15) is 91.1 Å². The number of H-pyrrole nitrogens is 1. The van der Waals surface area contributed by atoms with Gasteiger partial charge in [-0.1, -0.05) is 24.3 Å². The highest BCUT2D eigenvalue weighted by molar-refractivity contribution is 6.05. The minimum atomic E-state index is -0.538. The van der Waals surface area contributed by atoms with E-state index in [-0.39, 0.29) is 24.3 Å². The summed E-state index contributed by atoms with van der Waals surface area (Å²) in [5.74, 6) is 0.790. The largest absolute Gasteiger partial charge is 0.444 e. The Morgan fingerprint density at radius 3 is 1.94 bits per heavy atom. The van der Waals surface area contributed by atoms with Crippen LogP contribution in [-0.2, 0) is 9.47 Å². The second-order valence-corrected chi connectivity index (χ2v) is 15.3. The SMILES string of the molecule is CC(C)(C)OC(=O)N1CCC[C@H]1C1=NC=C(c2ccc3cc4cc(-c5cnc([C@@H]6CCCN6C(=O)OC(C)(C)C)[nH]5)ccc4cc3c2)C1. The van der Waals surface area contributed by atoms with Crippen LogP contribution >= 0.6 is 0 Å². The van der Waals surface area contributed by atoms with Crippen LogP contribution in [0, 0.1) is 0 Å². The minimum Gasteiger partial charge on any atom is -0.444 e. The number of hydrogen-bond donors (Lipinski definition) is 1. The third-order valence-electron chi connectivity index (χ3n) is 9.29. The topological polar surface area (TPSA) is 100 Å². The lowest BCUT2D eigenvalue weighted by Crippen LogP contribution is -2.43. The first-order chi connectivity index (χ1) is 22.8. The number of rotatable bonds is 4. The Kier molecular flexibility index (Phi) is 8.04. The van der Waals surface area contributed by atoms with Gasteiger partial charge in [0.05, 0.1) is 24.0 Å². The molecule has 0 bridgehead atoms. The zero-order chi connectivity index (χ0) is 33.8. The van der Waals surface area contributed by atoms with E-state index < -0.39 is 11.2 Å². The van der Waals surface area contributed by atoms with Crippen LogP contribution in [0.5, 0.6) is 0 Å². The molecule has 3 aromatic carbocycles. The number of carbonyl (C=O) groups is 2. The lowest BCUT2D eigenvalue weighted by molar-refractivity contribution is 0.0216. The number of nitrogens with one attached hydrogen (secondary N) is 1. The van der Waals surface area contributed by atoms with Gasteiger partial charge in [0.1, 0.15) is 17.0 Å². The summed E-state index contributed by atoms with van der Waals surface area (Å²) in [6, 6.07) is 17.4. The van der Waals surface area contributed by atoms with E-state index in [0.29, 0.717) is 13.1 Å². The van der Waals surface area contributed by atoms with Gasteiger partial charge in [0.25, 0.3) is 0 Å². The van der Waals surface area contributed by atoms with Crippen molar-refractivity contribution in [3.8, 4) is 11.3 Å². The first kappa shape index (κ1) is 31.9. The Morgan fingerprint density at radius 2 is 1.31 bits per heavy atom. The molecule has 0 radical (unpaired) electrons. The molecule has 4 aromatic rings. The monoisotopic (exact) mass is 647 g/mol. The van der Waals surface area contributed by atoms with Crippen molar-refractivity contribution in [1.82, 2.24) is 19.8 Å². The Balaban J connectivity index is 1.06. The first-order valence-corrected chi connectivity index (χ1v) is 17.1. The number of aliphatic imine (C=N–C) groups is 1. The summed E-state index contributed by atoms with van der Waals surface area (Å²) in [7, 11) is 0. The number of imidazole rings is 1. The predicted octanol–water partition coefficient (Wildman–Crippen LogP) is 9.04. The van der Waals surface area contributed by atoms with E-state index in [9.17, 15) is 9.59 Å². The molecule has 4 heterocycles. The number of amides is 2. The van der Waals surface area contributed by atoms with Gasteiger partial charge in [-0.3, -0.25) is 14.8 Å². The summed E-state index contributed by atoms with van der Waals surface area (Å²) in [6.45, 7) is 12.7. The molecule has 0 saturated carbocycles. The number of aromatic amines is 1. The van der Waals surface area contributed by atoms with Crippen LogP contribution in [0.4, 0.5) is 9.59 Å². The molecule has 1 N–H and O–H groups in total. The van der Waals surface area contributed by atoms with Crippen molar-refractivity contribution < 1.29 is 19.1 Å². The molecule has 2 fully saturated rings. The standard InChI is InChI=1S/C39H45N5O4/c1-38(2,3)47-36(45)43-15-7-9-33(43)31-21-30(22-40-31)26-12-11-24-18-29-20-27(14-13-25(29)17-28(24)19-26)32-23-41-35(42-32)34-10-8-16-44(34)37(46)48-39(4,5)6/h11-14,17-20,22-23,33-34H,7-10,15-16,21H2,1-6H3,(H,41,42)/t33-,34-/m0/s1. The molecule has 9 heteroatoms. The zero-order valence-corrected chi connectivity index (χ0v) is 28.8. The maximum atomic E-state index is 12.9. The smallest absolute Gasteiger partial charge is 0.410 e. The highest BCUT2D eigenvalue weighted by Gasteiger charge is 2.37. The molecule has 9 nitrogen and oxygen atoms in total. The van der Waals surface area contributed by atoms with Gasteiger partial charge < -0.3 is 14.5 Å². The van der Waals surface area contributed by atoms with Crippen molar-refractivity contribution in [3.63, 3.8) is 0 Å². The van der Waals surface area contributed by atoms with Crippen LogP contribution in [0.15, 0.2) is 65.9 Å². The van der Waals surface area contributed by atoms with E-state index in [0.717, 1.165) is 71.2 Å². The highest BCUT2D eigenvalue weighted by Crippen LogP contribution is 2.35. The number of benzene rings is 3. The van der Waals surface area contributed by atoms with Crippen LogP contribution in [0.3, 0.4) is 0 Å². The zero-order valence-electron chi connectivity index (χ0n) is 28.8. The average Bonchev–Trinajstić information content (AvgIpc) is 3.83. The summed E-state index contributed by atoms with van der Waals surface area (Å²) >= 11 is 0. The Labute approximate surface area is 282 Å². The van der Waals surface area contributed by atoms with Gasteiger partial charge in [-0.15, -0.1) is 0 Å². The predicted molar refractivity (Wildman–Crippen MR) is 190 cm³/mol. The average molecular weight is 648 g/mol. The van der Waals surface area contributed by atoms with Crippen molar-refractivity contribution in [1.29, 1.82) is 0 Å². The molecule has 2 amide bonds. The molecule has 250 valence electrons. The number of ether oxygens (including phenoxy) is 2. The number of hydrogen-bond acceptors (Lipinski definition) is 6. The van der Waals surface area contributed by atoms with Crippen molar-refractivity contribution in [2.45, 2.75) is 96.9 Å². The number of carbonyl (C=O) groups excluding carboxylic acids is 2. The molecule has 1 aromatic heterocycles. The van der Waals surface area contributed by atoms with Gasteiger partial charge >= 0.3 is 12.2 Å². The molecule has 0 spiro atoms. The van der Waals surface area contributed by atoms with E-state index >= 15 is 0 Å². The maximum absolute atomic E-state index is 12.9. The van der Waals surface area contributed by atoms with Crippen LogP contribution in [-0.4, -0.2) is 68.0 Å². The first-order valence-electron chi connectivity index (χ1n) is 17.1. The molecule has 0 unspecified atom stereocenters. The van der Waals surface area contributed by atoms with E-state index in [2.05, 4.69) is 53.5 Å². The van der Waals surface area contributed by atoms with Crippen molar-refractivity contribution >= 4 is 45.0 Å². The van der Waals surface area contributed by atoms with E-state index in [1.54, 1.807) is 4.90 Å². The number of aromatic nitrogens is 2. The van der Waals surface area contributed by atoms with Gasteiger partial charge in [0.2, 0.25) is 0 Å². The van der Waals surface area contributed by atoms with Crippen LogP contribution in [0.25, 0.3) is 38.4 Å². The van der Waals surface area contributed by atoms with Crippen molar-refractivity contribution in [2.75, 3.05) is 13.1 Å². The quantitative estimate of drug-likeness (QED) is 0.223. The summed E-state index contributed by atoms with van der Waals surface area (Å²) in [4.78, 5) is 42.3. The van der Waals surface area contributed by atoms with Gasteiger partial charge in [-0.2, -0.15) is 0 Å². The number of allylic oxidation sites excluding steroid dienone is 1. The Bertz CT molecular complexity index is 1960. The Morgan fingerprint density at radius 1 is 0.750 bits per heavy atom.